The van der Waals surface area contributed by atoms with Crippen LogP contribution in [0.25, 0.3) is 11.0 Å². The van der Waals surface area contributed by atoms with Gasteiger partial charge in [0.1, 0.15) is 12.4 Å². The van der Waals surface area contributed by atoms with Gasteiger partial charge in [-0.25, -0.2) is 4.98 Å². The molecule has 3 aromatic rings. The maximum atomic E-state index is 13.0. The number of aromatic nitrogens is 2. The van der Waals surface area contributed by atoms with E-state index in [9.17, 15) is 9.59 Å². The van der Waals surface area contributed by atoms with Gasteiger partial charge in [-0.3, -0.25) is 9.59 Å². The van der Waals surface area contributed by atoms with Crippen LogP contribution in [0.1, 0.15) is 42.4 Å². The molecule has 1 saturated heterocycles. The molecule has 1 aliphatic heterocycles. The van der Waals surface area contributed by atoms with Gasteiger partial charge in [0.2, 0.25) is 5.91 Å². The number of hydrogen-bond acceptors (Lipinski definition) is 3. The number of piperidine rings is 1. The molecule has 6 nitrogen and oxygen atoms in total. The average Bonchev–Trinajstić information content (AvgIpc) is 3.14. The maximum absolute atomic E-state index is 13.0. The lowest BCUT2D eigenvalue weighted by atomic mass is 9.99. The van der Waals surface area contributed by atoms with Crippen LogP contribution in [0.2, 0.25) is 0 Å². The zero-order valence-corrected chi connectivity index (χ0v) is 20.0. The summed E-state index contributed by atoms with van der Waals surface area (Å²) in [5.74, 6) is 1.66. The van der Waals surface area contributed by atoms with E-state index in [-0.39, 0.29) is 11.8 Å². The Kier molecular flexibility index (Phi) is 7.25. The summed E-state index contributed by atoms with van der Waals surface area (Å²) in [6.07, 6.45) is 3.59. The predicted molar refractivity (Wildman–Crippen MR) is 130 cm³/mol. The first kappa shape index (κ1) is 22.5. The number of benzene rings is 2. The van der Waals surface area contributed by atoms with Crippen LogP contribution in [0, 0.1) is 5.92 Å². The molecule has 1 aromatic heterocycles. The third kappa shape index (κ3) is 5.38. The van der Waals surface area contributed by atoms with Gasteiger partial charge in [0.05, 0.1) is 11.0 Å². The topological polar surface area (TPSA) is 67.2 Å². The molecule has 2 amide bonds. The summed E-state index contributed by atoms with van der Waals surface area (Å²) in [5.41, 5.74) is 2.53. The highest BCUT2D eigenvalue weighted by atomic mass is 79.9. The van der Waals surface area contributed by atoms with E-state index in [4.69, 9.17) is 4.98 Å². The van der Waals surface area contributed by atoms with Gasteiger partial charge in [0, 0.05) is 36.1 Å². The van der Waals surface area contributed by atoms with Crippen molar-refractivity contribution in [3.8, 4) is 0 Å². The molecule has 7 heteroatoms. The van der Waals surface area contributed by atoms with Gasteiger partial charge in [0.15, 0.2) is 0 Å². The fourth-order valence-electron chi connectivity index (χ4n) is 4.14. The first-order chi connectivity index (χ1) is 15.5. The normalized spacial score (nSPS) is 14.6. The number of imidazole rings is 1. The molecule has 32 heavy (non-hydrogen) atoms. The Morgan fingerprint density at radius 3 is 2.56 bits per heavy atom. The summed E-state index contributed by atoms with van der Waals surface area (Å²) in [7, 11) is 0. The molecule has 2 aromatic carbocycles. The molecule has 0 aliphatic carbocycles. The SMILES string of the molecule is CC1CCN(C(=O)Cn2c(CCCNC(=O)c3ccc(Br)cc3)nc3ccccc32)CC1. The molecule has 1 fully saturated rings. The number of rotatable bonds is 7. The van der Waals surface area contributed by atoms with Gasteiger partial charge in [0.25, 0.3) is 5.91 Å². The highest BCUT2D eigenvalue weighted by Crippen LogP contribution is 2.20. The number of amides is 2. The number of halogens is 1. The molecule has 2 heterocycles. The number of likely N-dealkylation sites (tertiary alicyclic amines) is 1. The number of fused-ring (bicyclic) bond motifs is 1. The molecule has 1 aliphatic rings. The predicted octanol–water partition coefficient (Wildman–Crippen LogP) is 4.42. The first-order valence-electron chi connectivity index (χ1n) is 11.3. The van der Waals surface area contributed by atoms with Crippen LogP contribution in [-0.2, 0) is 17.8 Å². The standard InChI is InChI=1S/C25H29BrN4O2/c1-18-12-15-29(16-13-18)24(31)17-30-22-6-3-2-5-21(22)28-23(30)7-4-14-27-25(32)19-8-10-20(26)11-9-19/h2-3,5-6,8-11,18H,4,7,12-17H2,1H3,(H,27,32). The van der Waals surface area contributed by atoms with E-state index < -0.39 is 0 Å². The average molecular weight is 497 g/mol. The van der Waals surface area contributed by atoms with Gasteiger partial charge in [-0.1, -0.05) is 35.0 Å². The van der Waals surface area contributed by atoms with E-state index in [1.54, 1.807) is 12.1 Å². The van der Waals surface area contributed by atoms with Crippen molar-refractivity contribution >= 4 is 38.8 Å². The summed E-state index contributed by atoms with van der Waals surface area (Å²) in [5, 5.41) is 2.97. The third-order valence-electron chi connectivity index (χ3n) is 6.13. The van der Waals surface area contributed by atoms with Gasteiger partial charge in [-0.15, -0.1) is 0 Å². The number of para-hydroxylation sites is 2. The Hall–Kier alpha value is -2.67. The second kappa shape index (κ2) is 10.3. The summed E-state index contributed by atoms with van der Waals surface area (Å²) in [4.78, 5) is 32.1. The van der Waals surface area contributed by atoms with Crippen LogP contribution in [0.3, 0.4) is 0 Å². The van der Waals surface area contributed by atoms with Gasteiger partial charge < -0.3 is 14.8 Å². The van der Waals surface area contributed by atoms with E-state index in [1.165, 1.54) is 0 Å². The van der Waals surface area contributed by atoms with E-state index in [2.05, 4.69) is 28.2 Å². The molecule has 0 bridgehead atoms. The minimum atomic E-state index is -0.0829. The zero-order valence-electron chi connectivity index (χ0n) is 18.4. The zero-order chi connectivity index (χ0) is 22.5. The lowest BCUT2D eigenvalue weighted by Crippen LogP contribution is -2.40. The molecule has 0 unspecified atom stereocenters. The molecule has 4 rings (SSSR count). The Balaban J connectivity index is 1.39. The highest BCUT2D eigenvalue weighted by molar-refractivity contribution is 9.10. The second-order valence-electron chi connectivity index (χ2n) is 8.53. The summed E-state index contributed by atoms with van der Waals surface area (Å²) < 4.78 is 2.99. The second-order valence-corrected chi connectivity index (χ2v) is 9.45. The van der Waals surface area contributed by atoms with Gasteiger partial charge in [-0.2, -0.15) is 0 Å². The minimum absolute atomic E-state index is 0.0829. The van der Waals surface area contributed by atoms with Gasteiger partial charge in [-0.05, 0) is 61.6 Å². The number of nitrogens with zero attached hydrogens (tertiary/aromatic N) is 3. The molecular weight excluding hydrogens is 468 g/mol. The van der Waals surface area contributed by atoms with E-state index in [0.29, 0.717) is 31.0 Å². The van der Waals surface area contributed by atoms with Crippen LogP contribution in [0.15, 0.2) is 53.0 Å². The van der Waals surface area contributed by atoms with Crippen LogP contribution < -0.4 is 5.32 Å². The molecular formula is C25H29BrN4O2. The van der Waals surface area contributed by atoms with E-state index in [0.717, 1.165) is 53.7 Å². The molecule has 1 N–H and O–H groups in total. The molecule has 0 radical (unpaired) electrons. The van der Waals surface area contributed by atoms with Gasteiger partial charge >= 0.3 is 0 Å². The van der Waals surface area contributed by atoms with Crippen LogP contribution in [0.4, 0.5) is 0 Å². The summed E-state index contributed by atoms with van der Waals surface area (Å²) >= 11 is 3.38. The summed E-state index contributed by atoms with van der Waals surface area (Å²) in [6, 6.07) is 15.3. The summed E-state index contributed by atoms with van der Waals surface area (Å²) in [6.45, 7) is 4.79. The van der Waals surface area contributed by atoms with Crippen molar-refractivity contribution in [1.82, 2.24) is 19.8 Å². The van der Waals surface area contributed by atoms with Crippen molar-refractivity contribution in [2.45, 2.75) is 39.2 Å². The van der Waals surface area contributed by atoms with Crippen molar-refractivity contribution in [3.05, 3.63) is 64.4 Å². The quantitative estimate of drug-likeness (QED) is 0.492. The van der Waals surface area contributed by atoms with E-state index >= 15 is 0 Å². The Bertz CT molecular complexity index is 1090. The van der Waals surface area contributed by atoms with Crippen LogP contribution >= 0.6 is 15.9 Å². The fraction of sp³-hybridized carbons (Fsp3) is 0.400. The number of carbonyl (C=O) groups is 2. The monoisotopic (exact) mass is 496 g/mol. The molecule has 168 valence electrons. The third-order valence-corrected chi connectivity index (χ3v) is 6.66. The lowest BCUT2D eigenvalue weighted by Gasteiger charge is -2.30. The Morgan fingerprint density at radius 2 is 1.81 bits per heavy atom. The number of hydrogen-bond donors (Lipinski definition) is 1. The fourth-order valence-corrected chi connectivity index (χ4v) is 4.40. The van der Waals surface area contributed by atoms with Crippen molar-refractivity contribution in [2.75, 3.05) is 19.6 Å². The van der Waals surface area contributed by atoms with E-state index in [1.807, 2.05) is 45.9 Å². The Morgan fingerprint density at radius 1 is 1.09 bits per heavy atom. The van der Waals surface area contributed by atoms with Crippen LogP contribution in [0.5, 0.6) is 0 Å². The lowest BCUT2D eigenvalue weighted by molar-refractivity contribution is -0.133. The Labute approximate surface area is 197 Å². The van der Waals surface area contributed by atoms with Crippen molar-refractivity contribution in [2.24, 2.45) is 5.92 Å². The number of aryl methyl sites for hydroxylation is 1. The minimum Gasteiger partial charge on any atom is -0.352 e. The smallest absolute Gasteiger partial charge is 0.251 e. The van der Waals surface area contributed by atoms with Crippen LogP contribution in [-0.4, -0.2) is 45.9 Å². The highest BCUT2D eigenvalue weighted by Gasteiger charge is 2.22. The molecule has 0 spiro atoms. The molecule has 0 atom stereocenters. The van der Waals surface area contributed by atoms with Crippen molar-refractivity contribution in [3.63, 3.8) is 0 Å². The maximum Gasteiger partial charge on any atom is 0.251 e. The number of nitrogens with one attached hydrogen (secondary N) is 1. The van der Waals surface area contributed by atoms with Crippen molar-refractivity contribution in [1.29, 1.82) is 0 Å². The largest absolute Gasteiger partial charge is 0.352 e. The first-order valence-corrected chi connectivity index (χ1v) is 12.1. The molecule has 0 saturated carbocycles. The van der Waals surface area contributed by atoms with Crippen molar-refractivity contribution < 1.29 is 9.59 Å². The number of carbonyl (C=O) groups excluding carboxylic acids is 2.